The lowest BCUT2D eigenvalue weighted by Crippen LogP contribution is -1.90. The van der Waals surface area contributed by atoms with E-state index < -0.39 is 0 Å². The molecule has 0 atom stereocenters. The Hall–Kier alpha value is -4.08. The Balaban J connectivity index is 1.47. The fraction of sp³-hybridized carbons (Fsp3) is 0.167. The lowest BCUT2D eigenvalue weighted by Gasteiger charge is -2.13. The van der Waals surface area contributed by atoms with Crippen LogP contribution in [0, 0.1) is 53.4 Å². The van der Waals surface area contributed by atoms with E-state index in [0.29, 0.717) is 0 Å². The zero-order valence-electron chi connectivity index (χ0n) is 21.9. The van der Waals surface area contributed by atoms with Gasteiger partial charge in [0.1, 0.15) is 0 Å². The quantitative estimate of drug-likeness (QED) is 0.156. The van der Waals surface area contributed by atoms with Crippen molar-refractivity contribution in [1.82, 2.24) is 0 Å². The molecule has 0 aromatic heterocycles. The summed E-state index contributed by atoms with van der Waals surface area (Å²) in [5.41, 5.74) is 10.1. The molecule has 0 spiro atoms. The molecule has 6 aromatic carbocycles. The van der Waals surface area contributed by atoms with Crippen molar-refractivity contribution < 1.29 is 0 Å². The fourth-order valence-corrected chi connectivity index (χ4v) is 5.83. The van der Waals surface area contributed by atoms with Gasteiger partial charge in [-0.25, -0.2) is 0 Å². The van der Waals surface area contributed by atoms with Crippen LogP contribution in [0.3, 0.4) is 0 Å². The second kappa shape index (κ2) is 8.25. The van der Waals surface area contributed by atoms with Crippen LogP contribution in [0.4, 0.5) is 0 Å². The average Bonchev–Trinajstić information content (AvgIpc) is 2.89. The topological polar surface area (TPSA) is 0 Å². The summed E-state index contributed by atoms with van der Waals surface area (Å²) in [5, 5.41) is 10.6. The van der Waals surface area contributed by atoms with Crippen molar-refractivity contribution in [2.45, 2.75) is 41.5 Å². The third-order valence-electron chi connectivity index (χ3n) is 7.97. The van der Waals surface area contributed by atoms with Gasteiger partial charge in [0.25, 0.3) is 0 Å². The van der Waals surface area contributed by atoms with Crippen LogP contribution in [-0.2, 0) is 0 Å². The minimum atomic E-state index is 1.05. The average molecular weight is 463 g/mol. The van der Waals surface area contributed by atoms with Crippen LogP contribution in [0.5, 0.6) is 0 Å². The monoisotopic (exact) mass is 462 g/mol. The van der Waals surface area contributed by atoms with Gasteiger partial charge in [-0.05, 0) is 131 Å². The molecule has 174 valence electrons. The van der Waals surface area contributed by atoms with Gasteiger partial charge in [0.15, 0.2) is 0 Å². The van der Waals surface area contributed by atoms with E-state index in [2.05, 4.69) is 126 Å². The van der Waals surface area contributed by atoms with Gasteiger partial charge < -0.3 is 0 Å². The smallest absolute Gasteiger partial charge is 0.0255 e. The van der Waals surface area contributed by atoms with Crippen LogP contribution < -0.4 is 0 Å². The predicted molar refractivity (Wildman–Crippen MR) is 157 cm³/mol. The second-order valence-electron chi connectivity index (χ2n) is 10.4. The first-order valence-electron chi connectivity index (χ1n) is 12.7. The molecule has 6 aromatic rings. The van der Waals surface area contributed by atoms with Crippen molar-refractivity contribution in [2.24, 2.45) is 0 Å². The molecule has 0 unspecified atom stereocenters. The largest absolute Gasteiger partial charge is 0.0616 e. The van der Waals surface area contributed by atoms with E-state index in [1.807, 2.05) is 0 Å². The van der Waals surface area contributed by atoms with E-state index in [-0.39, 0.29) is 0 Å². The first kappa shape index (κ1) is 22.4. The third kappa shape index (κ3) is 3.47. The predicted octanol–water partition coefficient (Wildman–Crippen LogP) is 9.55. The van der Waals surface area contributed by atoms with Gasteiger partial charge in [-0.2, -0.15) is 0 Å². The Morgan fingerprint density at radius 3 is 1.00 bits per heavy atom. The molecular weight excluding hydrogens is 432 g/mol. The van der Waals surface area contributed by atoms with Crippen molar-refractivity contribution in [3.63, 3.8) is 0 Å². The minimum absolute atomic E-state index is 1.05. The van der Waals surface area contributed by atoms with E-state index >= 15 is 0 Å². The molecule has 0 aliphatic heterocycles. The van der Waals surface area contributed by atoms with Crippen molar-refractivity contribution in [2.75, 3.05) is 0 Å². The number of fused-ring (bicyclic) bond motifs is 4. The highest BCUT2D eigenvalue weighted by Gasteiger charge is 2.11. The number of rotatable bonds is 0. The Kier molecular flexibility index (Phi) is 5.13. The Morgan fingerprint density at radius 2 is 0.639 bits per heavy atom. The zero-order valence-corrected chi connectivity index (χ0v) is 21.9. The minimum Gasteiger partial charge on any atom is -0.0616 e. The van der Waals surface area contributed by atoms with Gasteiger partial charge in [0, 0.05) is 11.1 Å². The molecule has 0 fully saturated rings. The molecule has 0 amide bonds. The molecule has 0 saturated carbocycles. The zero-order chi connectivity index (χ0) is 25.1. The van der Waals surface area contributed by atoms with Crippen LogP contribution in [0.2, 0.25) is 0 Å². The number of benzene rings is 6. The first-order chi connectivity index (χ1) is 17.3. The van der Waals surface area contributed by atoms with E-state index in [0.717, 1.165) is 11.1 Å². The van der Waals surface area contributed by atoms with Crippen LogP contribution in [-0.4, -0.2) is 0 Å². The molecule has 0 nitrogen and oxygen atoms in total. The van der Waals surface area contributed by atoms with Crippen LogP contribution in [0.1, 0.15) is 44.5 Å². The summed E-state index contributed by atoms with van der Waals surface area (Å²) < 4.78 is 0. The highest BCUT2D eigenvalue weighted by molar-refractivity contribution is 6.07. The van der Waals surface area contributed by atoms with Gasteiger partial charge in [0.2, 0.25) is 0 Å². The summed E-state index contributed by atoms with van der Waals surface area (Å²) in [6, 6.07) is 26.9. The van der Waals surface area contributed by atoms with E-state index in [4.69, 9.17) is 0 Å². The summed E-state index contributed by atoms with van der Waals surface area (Å²) in [5.74, 6) is 6.90. The Bertz CT molecular complexity index is 1800. The number of aryl methyl sites for hydroxylation is 6. The Morgan fingerprint density at radius 1 is 0.333 bits per heavy atom. The molecule has 0 aliphatic carbocycles. The van der Waals surface area contributed by atoms with Crippen LogP contribution >= 0.6 is 0 Å². The van der Waals surface area contributed by atoms with Crippen molar-refractivity contribution >= 4 is 43.1 Å². The van der Waals surface area contributed by atoms with Gasteiger partial charge in [-0.1, -0.05) is 71.5 Å². The molecule has 6 rings (SSSR count). The molecule has 0 saturated heterocycles. The van der Waals surface area contributed by atoms with E-state index in [9.17, 15) is 0 Å². The van der Waals surface area contributed by atoms with Crippen molar-refractivity contribution in [3.8, 4) is 11.8 Å². The SMILES string of the molecule is Cc1ccc2c(C)c3cc(C#Cc4ccc5c(C)c6cc(C)ccc6c(C)c5c4)ccc3c(C)c2c1. The van der Waals surface area contributed by atoms with Gasteiger partial charge in [-0.15, -0.1) is 0 Å². The van der Waals surface area contributed by atoms with Gasteiger partial charge >= 0.3 is 0 Å². The maximum Gasteiger partial charge on any atom is 0.0255 e. The Labute approximate surface area is 213 Å². The summed E-state index contributed by atoms with van der Waals surface area (Å²) >= 11 is 0. The van der Waals surface area contributed by atoms with Gasteiger partial charge in [-0.3, -0.25) is 0 Å². The lowest BCUT2D eigenvalue weighted by molar-refractivity contribution is 1.46. The summed E-state index contributed by atoms with van der Waals surface area (Å²) in [4.78, 5) is 0. The molecule has 0 radical (unpaired) electrons. The normalized spacial score (nSPS) is 11.4. The molecule has 0 aliphatic rings. The number of hydrogen-bond donors (Lipinski definition) is 0. The molecule has 0 N–H and O–H groups in total. The van der Waals surface area contributed by atoms with E-state index in [1.165, 1.54) is 76.5 Å². The fourth-order valence-electron chi connectivity index (χ4n) is 5.83. The van der Waals surface area contributed by atoms with Crippen molar-refractivity contribution in [1.29, 1.82) is 0 Å². The maximum atomic E-state index is 3.45. The van der Waals surface area contributed by atoms with Crippen LogP contribution in [0.25, 0.3) is 43.1 Å². The van der Waals surface area contributed by atoms with Gasteiger partial charge in [0.05, 0.1) is 0 Å². The molecule has 0 heteroatoms. The number of hydrogen-bond acceptors (Lipinski definition) is 0. The molecule has 36 heavy (non-hydrogen) atoms. The standard InChI is InChI=1S/C36H30/c1-21-7-13-29-25(5)35-19-27(11-15-31(35)23(3)33(29)17-21)9-10-28-12-16-32-24(4)34-18-22(2)8-14-30(34)26(6)36(32)20-28/h7-8,11-20H,1-6H3. The molecular formula is C36H30. The highest BCUT2D eigenvalue weighted by atomic mass is 14.1. The summed E-state index contributed by atoms with van der Waals surface area (Å²) in [6.07, 6.45) is 0. The lowest BCUT2D eigenvalue weighted by atomic mass is 9.91. The van der Waals surface area contributed by atoms with Crippen LogP contribution in [0.15, 0.2) is 72.8 Å². The third-order valence-corrected chi connectivity index (χ3v) is 7.97. The highest BCUT2D eigenvalue weighted by Crippen LogP contribution is 2.34. The first-order valence-corrected chi connectivity index (χ1v) is 12.7. The van der Waals surface area contributed by atoms with Crippen molar-refractivity contribution in [3.05, 3.63) is 117 Å². The molecule has 0 heterocycles. The summed E-state index contributed by atoms with van der Waals surface area (Å²) in [7, 11) is 0. The molecule has 0 bridgehead atoms. The van der Waals surface area contributed by atoms with E-state index in [1.54, 1.807) is 0 Å². The summed E-state index contributed by atoms with van der Waals surface area (Å²) in [6.45, 7) is 13.3. The second-order valence-corrected chi connectivity index (χ2v) is 10.4. The maximum absolute atomic E-state index is 3.45.